The van der Waals surface area contributed by atoms with E-state index in [4.69, 9.17) is 25.8 Å². The molecule has 1 heterocycles. The number of benzene rings is 3. The highest BCUT2D eigenvalue weighted by Gasteiger charge is 2.19. The molecule has 1 aliphatic heterocycles. The van der Waals surface area contributed by atoms with E-state index >= 15 is 0 Å². The number of hydrogen-bond acceptors (Lipinski definition) is 4. The van der Waals surface area contributed by atoms with Gasteiger partial charge in [-0.2, -0.15) is 0 Å². The van der Waals surface area contributed by atoms with Crippen molar-refractivity contribution in [2.75, 3.05) is 12.1 Å². The number of rotatable bonds is 4. The molecule has 1 aliphatic rings. The van der Waals surface area contributed by atoms with Gasteiger partial charge in [0.25, 0.3) is 5.91 Å². The summed E-state index contributed by atoms with van der Waals surface area (Å²) in [6.45, 7) is 1.89. The van der Waals surface area contributed by atoms with E-state index in [9.17, 15) is 4.79 Å². The largest absolute Gasteiger partial charge is 0.480 e. The van der Waals surface area contributed by atoms with E-state index in [-0.39, 0.29) is 12.7 Å². The summed E-state index contributed by atoms with van der Waals surface area (Å²) in [6.07, 6.45) is -0.690. The summed E-state index contributed by atoms with van der Waals surface area (Å²) in [5, 5.41) is 5.22. The number of carbonyl (C=O) groups excluding carboxylic acids is 1. The molecular weight excluding hydrogens is 354 g/mol. The molecule has 3 aromatic rings. The molecule has 1 atom stereocenters. The van der Waals surface area contributed by atoms with E-state index in [1.807, 2.05) is 24.3 Å². The summed E-state index contributed by atoms with van der Waals surface area (Å²) in [6, 6.07) is 16.4. The molecule has 132 valence electrons. The minimum atomic E-state index is -0.690. The first kappa shape index (κ1) is 16.5. The molecule has 1 amide bonds. The first-order chi connectivity index (χ1) is 12.6. The van der Waals surface area contributed by atoms with Gasteiger partial charge >= 0.3 is 0 Å². The Morgan fingerprint density at radius 2 is 1.85 bits per heavy atom. The van der Waals surface area contributed by atoms with Gasteiger partial charge in [0, 0.05) is 27.5 Å². The Hall–Kier alpha value is -2.92. The van der Waals surface area contributed by atoms with E-state index in [1.165, 1.54) is 0 Å². The van der Waals surface area contributed by atoms with E-state index in [1.54, 1.807) is 37.3 Å². The van der Waals surface area contributed by atoms with E-state index in [0.29, 0.717) is 28.0 Å². The van der Waals surface area contributed by atoms with Crippen LogP contribution in [0.1, 0.15) is 6.92 Å². The summed E-state index contributed by atoms with van der Waals surface area (Å²) < 4.78 is 16.5. The third-order valence-electron chi connectivity index (χ3n) is 4.14. The Balaban J connectivity index is 1.50. The van der Waals surface area contributed by atoms with Crippen LogP contribution in [-0.4, -0.2) is 18.8 Å². The van der Waals surface area contributed by atoms with Crippen molar-refractivity contribution in [1.82, 2.24) is 0 Å². The summed E-state index contributed by atoms with van der Waals surface area (Å²) in [5.74, 6) is 1.63. The van der Waals surface area contributed by atoms with Crippen molar-refractivity contribution >= 4 is 34.0 Å². The second kappa shape index (κ2) is 6.77. The van der Waals surface area contributed by atoms with Crippen LogP contribution in [0.5, 0.6) is 17.2 Å². The molecule has 1 N–H and O–H groups in total. The Kier molecular flexibility index (Phi) is 4.31. The standard InChI is InChI=1S/C20H16ClNO4/c1-12(20(23)22-13-6-8-18-19(10-13)25-11-24-18)26-17-9-7-16(21)14-4-2-3-5-15(14)17/h2-10,12H,11H2,1H3,(H,22,23)/t12-/m0/s1. The predicted molar refractivity (Wildman–Crippen MR) is 100 cm³/mol. The Morgan fingerprint density at radius 1 is 1.08 bits per heavy atom. The zero-order valence-electron chi connectivity index (χ0n) is 14.0. The second-order valence-corrected chi connectivity index (χ2v) is 6.32. The van der Waals surface area contributed by atoms with Gasteiger partial charge in [-0.1, -0.05) is 35.9 Å². The van der Waals surface area contributed by atoms with Crippen molar-refractivity contribution in [3.8, 4) is 17.2 Å². The minimum Gasteiger partial charge on any atom is -0.480 e. The van der Waals surface area contributed by atoms with Gasteiger partial charge in [0.1, 0.15) is 5.75 Å². The third kappa shape index (κ3) is 3.13. The maximum Gasteiger partial charge on any atom is 0.265 e. The number of nitrogens with one attached hydrogen (secondary N) is 1. The second-order valence-electron chi connectivity index (χ2n) is 5.91. The Labute approximate surface area is 155 Å². The maximum absolute atomic E-state index is 12.5. The van der Waals surface area contributed by atoms with Gasteiger partial charge in [-0.15, -0.1) is 0 Å². The quantitative estimate of drug-likeness (QED) is 0.728. The van der Waals surface area contributed by atoms with E-state index in [0.717, 1.165) is 10.8 Å². The Morgan fingerprint density at radius 3 is 2.69 bits per heavy atom. The molecule has 6 heteroatoms. The van der Waals surface area contributed by atoms with Crippen LogP contribution in [0.25, 0.3) is 10.8 Å². The van der Waals surface area contributed by atoms with Gasteiger partial charge in [-0.05, 0) is 31.2 Å². The normalized spacial score (nSPS) is 13.5. The molecule has 0 fully saturated rings. The van der Waals surface area contributed by atoms with Crippen LogP contribution in [0.4, 0.5) is 5.69 Å². The molecule has 5 nitrogen and oxygen atoms in total. The van der Waals surface area contributed by atoms with Crippen molar-refractivity contribution in [3.63, 3.8) is 0 Å². The molecule has 0 saturated heterocycles. The zero-order chi connectivity index (χ0) is 18.1. The fourth-order valence-corrected chi connectivity index (χ4v) is 3.03. The van der Waals surface area contributed by atoms with Crippen molar-refractivity contribution in [1.29, 1.82) is 0 Å². The molecule has 0 aliphatic carbocycles. The molecule has 26 heavy (non-hydrogen) atoms. The van der Waals surface area contributed by atoms with E-state index < -0.39 is 6.10 Å². The van der Waals surface area contributed by atoms with Crippen LogP contribution in [0, 0.1) is 0 Å². The highest BCUT2D eigenvalue weighted by Crippen LogP contribution is 2.34. The lowest BCUT2D eigenvalue weighted by Gasteiger charge is -2.17. The summed E-state index contributed by atoms with van der Waals surface area (Å²) in [4.78, 5) is 12.5. The number of fused-ring (bicyclic) bond motifs is 2. The van der Waals surface area contributed by atoms with Gasteiger partial charge in [0.05, 0.1) is 0 Å². The zero-order valence-corrected chi connectivity index (χ0v) is 14.7. The fourth-order valence-electron chi connectivity index (χ4n) is 2.80. The molecule has 0 saturated carbocycles. The summed E-state index contributed by atoms with van der Waals surface area (Å²) in [7, 11) is 0. The van der Waals surface area contributed by atoms with Crippen LogP contribution in [0.2, 0.25) is 5.02 Å². The van der Waals surface area contributed by atoms with Gasteiger partial charge in [-0.25, -0.2) is 0 Å². The van der Waals surface area contributed by atoms with E-state index in [2.05, 4.69) is 5.32 Å². The molecule has 4 rings (SSSR count). The number of hydrogen-bond donors (Lipinski definition) is 1. The number of anilines is 1. The monoisotopic (exact) mass is 369 g/mol. The summed E-state index contributed by atoms with van der Waals surface area (Å²) >= 11 is 6.22. The van der Waals surface area contributed by atoms with Gasteiger partial charge in [0.15, 0.2) is 17.6 Å². The molecule has 0 bridgehead atoms. The van der Waals surface area contributed by atoms with Crippen LogP contribution in [-0.2, 0) is 4.79 Å². The van der Waals surface area contributed by atoms with Gasteiger partial charge < -0.3 is 19.5 Å². The predicted octanol–water partition coefficient (Wildman–Crippen LogP) is 4.63. The molecule has 0 radical (unpaired) electrons. The van der Waals surface area contributed by atoms with Crippen molar-refractivity contribution < 1.29 is 19.0 Å². The van der Waals surface area contributed by atoms with Crippen LogP contribution < -0.4 is 19.5 Å². The third-order valence-corrected chi connectivity index (χ3v) is 4.47. The SMILES string of the molecule is C[C@H](Oc1ccc(Cl)c2ccccc12)C(=O)Nc1ccc2c(c1)OCO2. The minimum absolute atomic E-state index is 0.190. The molecule has 0 aromatic heterocycles. The molecule has 0 spiro atoms. The molecule has 3 aromatic carbocycles. The lowest BCUT2D eigenvalue weighted by Crippen LogP contribution is -2.30. The van der Waals surface area contributed by atoms with Crippen molar-refractivity contribution in [3.05, 3.63) is 59.6 Å². The van der Waals surface area contributed by atoms with Crippen LogP contribution in [0.3, 0.4) is 0 Å². The first-order valence-electron chi connectivity index (χ1n) is 8.16. The van der Waals surface area contributed by atoms with Gasteiger partial charge in [-0.3, -0.25) is 4.79 Å². The lowest BCUT2D eigenvalue weighted by molar-refractivity contribution is -0.122. The average Bonchev–Trinajstić information content (AvgIpc) is 3.12. The maximum atomic E-state index is 12.5. The van der Waals surface area contributed by atoms with Gasteiger partial charge in [0.2, 0.25) is 6.79 Å². The smallest absolute Gasteiger partial charge is 0.265 e. The number of carbonyl (C=O) groups is 1. The highest BCUT2D eigenvalue weighted by atomic mass is 35.5. The van der Waals surface area contributed by atoms with Crippen LogP contribution in [0.15, 0.2) is 54.6 Å². The topological polar surface area (TPSA) is 56.8 Å². The van der Waals surface area contributed by atoms with Crippen molar-refractivity contribution in [2.24, 2.45) is 0 Å². The first-order valence-corrected chi connectivity index (χ1v) is 8.54. The number of halogens is 1. The van der Waals surface area contributed by atoms with Crippen molar-refractivity contribution in [2.45, 2.75) is 13.0 Å². The molecule has 0 unspecified atom stereocenters. The summed E-state index contributed by atoms with van der Waals surface area (Å²) in [5.41, 5.74) is 0.621. The number of ether oxygens (including phenoxy) is 3. The Bertz CT molecular complexity index is 989. The highest BCUT2D eigenvalue weighted by molar-refractivity contribution is 6.35. The number of amides is 1. The fraction of sp³-hybridized carbons (Fsp3) is 0.150. The van der Waals surface area contributed by atoms with Crippen LogP contribution >= 0.6 is 11.6 Å². The average molecular weight is 370 g/mol. The molecular formula is C20H16ClNO4. The lowest BCUT2D eigenvalue weighted by atomic mass is 10.1.